The number of rotatable bonds is 4. The van der Waals surface area contributed by atoms with E-state index >= 15 is 0 Å². The second kappa shape index (κ2) is 7.95. The summed E-state index contributed by atoms with van der Waals surface area (Å²) in [6.45, 7) is 4.47. The minimum Gasteiger partial charge on any atom is -0.368 e. The van der Waals surface area contributed by atoms with Gasteiger partial charge in [0.05, 0.1) is 11.9 Å². The van der Waals surface area contributed by atoms with Gasteiger partial charge in [-0.25, -0.2) is 9.97 Å². The molecule has 2 aromatic heterocycles. The summed E-state index contributed by atoms with van der Waals surface area (Å²) in [4.78, 5) is 44.0. The van der Waals surface area contributed by atoms with E-state index < -0.39 is 5.41 Å². The molecule has 1 atom stereocenters. The lowest BCUT2D eigenvalue weighted by atomic mass is 9.81. The number of likely N-dealkylation sites (tertiary alicyclic amines) is 1. The van der Waals surface area contributed by atoms with Gasteiger partial charge >= 0.3 is 0 Å². The number of piperazine rings is 1. The predicted molar refractivity (Wildman–Crippen MR) is 124 cm³/mol. The maximum atomic E-state index is 13.4. The van der Waals surface area contributed by atoms with Crippen molar-refractivity contribution in [3.05, 3.63) is 30.1 Å². The first-order chi connectivity index (χ1) is 16.1. The Morgan fingerprint density at radius 3 is 2.61 bits per heavy atom. The highest BCUT2D eigenvalue weighted by molar-refractivity contribution is 6.21. The van der Waals surface area contributed by atoms with Crippen LogP contribution >= 0.6 is 0 Å². The Kier molecular flexibility index (Phi) is 4.90. The van der Waals surface area contributed by atoms with E-state index in [1.165, 1.54) is 0 Å². The molecule has 5 heterocycles. The molecule has 10 heteroatoms. The van der Waals surface area contributed by atoms with Crippen LogP contribution in [0.1, 0.15) is 37.7 Å². The smallest absolute Gasteiger partial charge is 0.246 e. The van der Waals surface area contributed by atoms with Crippen LogP contribution in [-0.4, -0.2) is 70.4 Å². The Morgan fingerprint density at radius 2 is 1.85 bits per heavy atom. The number of nitrogens with one attached hydrogen (secondary N) is 3. The molecule has 33 heavy (non-hydrogen) atoms. The van der Waals surface area contributed by atoms with Gasteiger partial charge in [-0.3, -0.25) is 9.59 Å². The summed E-state index contributed by atoms with van der Waals surface area (Å²) in [6.07, 6.45) is 8.28. The van der Waals surface area contributed by atoms with E-state index in [9.17, 15) is 9.59 Å². The van der Waals surface area contributed by atoms with Gasteiger partial charge in [-0.05, 0) is 31.4 Å². The zero-order chi connectivity index (χ0) is 22.4. The highest BCUT2D eigenvalue weighted by Gasteiger charge is 2.60. The fourth-order valence-corrected chi connectivity index (χ4v) is 5.64. The van der Waals surface area contributed by atoms with Crippen LogP contribution in [0.15, 0.2) is 24.5 Å². The van der Waals surface area contributed by atoms with Crippen LogP contribution < -0.4 is 20.9 Å². The van der Waals surface area contributed by atoms with Gasteiger partial charge in [0.25, 0.3) is 0 Å². The number of fused-ring (bicyclic) bond motifs is 2. The van der Waals surface area contributed by atoms with E-state index in [2.05, 4.69) is 35.8 Å². The van der Waals surface area contributed by atoms with Crippen LogP contribution in [0.25, 0.3) is 0 Å². The summed E-state index contributed by atoms with van der Waals surface area (Å²) in [7, 11) is 0. The molecule has 3 fully saturated rings. The minimum absolute atomic E-state index is 0.0971. The summed E-state index contributed by atoms with van der Waals surface area (Å²) in [5.41, 5.74) is 0.489. The summed E-state index contributed by atoms with van der Waals surface area (Å²) in [5.74, 6) is 0.994. The van der Waals surface area contributed by atoms with Crippen molar-refractivity contribution in [3.8, 4) is 0 Å². The molecule has 172 valence electrons. The molecule has 1 aliphatic carbocycles. The number of pyridine rings is 1. The molecule has 1 spiro atoms. The van der Waals surface area contributed by atoms with Crippen molar-refractivity contribution in [2.45, 2.75) is 43.6 Å². The molecule has 1 unspecified atom stereocenters. The summed E-state index contributed by atoms with van der Waals surface area (Å²) in [5, 5.41) is 9.30. The van der Waals surface area contributed by atoms with Gasteiger partial charge in [0.1, 0.15) is 11.6 Å². The van der Waals surface area contributed by atoms with Gasteiger partial charge < -0.3 is 25.8 Å². The molecule has 3 aliphatic heterocycles. The van der Waals surface area contributed by atoms with Crippen LogP contribution in [0, 0.1) is 0 Å². The van der Waals surface area contributed by atoms with Crippen LogP contribution in [-0.2, 0) is 15.0 Å². The molecule has 10 nitrogen and oxygen atoms in total. The fraction of sp³-hybridized carbons (Fsp3) is 0.522. The average Bonchev–Trinajstić information content (AvgIpc) is 3.55. The van der Waals surface area contributed by atoms with Crippen molar-refractivity contribution >= 4 is 35.1 Å². The first-order valence-corrected chi connectivity index (χ1v) is 11.8. The molecule has 4 aliphatic rings. The highest BCUT2D eigenvalue weighted by Crippen LogP contribution is 2.46. The Balaban J connectivity index is 1.20. The standard InChI is InChI=1S/C23H28N8O2/c32-20-23(7-10-31(21(23)33)15-3-1-2-4-15)17-14-26-22(29-19(17)28-20)27-18-6-5-16(13-25-18)30-11-8-24-9-12-30/h5-6,13-15,24H,1-4,7-12H2,(H2,25,26,27,28,29,32). The van der Waals surface area contributed by atoms with Crippen LogP contribution in [0.4, 0.5) is 23.3 Å². The van der Waals surface area contributed by atoms with Gasteiger partial charge in [-0.1, -0.05) is 12.8 Å². The predicted octanol–water partition coefficient (Wildman–Crippen LogP) is 1.39. The largest absolute Gasteiger partial charge is 0.368 e. The molecule has 2 aromatic rings. The minimum atomic E-state index is -1.18. The second-order valence-corrected chi connectivity index (χ2v) is 9.27. The fourth-order valence-electron chi connectivity index (χ4n) is 5.64. The topological polar surface area (TPSA) is 115 Å². The zero-order valence-corrected chi connectivity index (χ0v) is 18.5. The maximum Gasteiger partial charge on any atom is 0.246 e. The number of amides is 2. The van der Waals surface area contributed by atoms with E-state index in [0.29, 0.717) is 36.1 Å². The van der Waals surface area contributed by atoms with Crippen LogP contribution in [0.2, 0.25) is 0 Å². The molecule has 2 saturated heterocycles. The molecular weight excluding hydrogens is 420 g/mol. The third-order valence-electron chi connectivity index (χ3n) is 7.46. The monoisotopic (exact) mass is 448 g/mol. The molecule has 2 amide bonds. The zero-order valence-electron chi connectivity index (χ0n) is 18.5. The SMILES string of the molecule is O=C1Nc2nc(Nc3ccc(N4CCNCC4)cn3)ncc2C12CCN(C1CCCC1)C2=O. The number of aromatic nitrogens is 3. The molecule has 3 N–H and O–H groups in total. The summed E-state index contributed by atoms with van der Waals surface area (Å²) >= 11 is 0. The van der Waals surface area contributed by atoms with E-state index in [0.717, 1.165) is 57.5 Å². The van der Waals surface area contributed by atoms with Crippen molar-refractivity contribution < 1.29 is 9.59 Å². The third-order valence-corrected chi connectivity index (χ3v) is 7.46. The van der Waals surface area contributed by atoms with Crippen molar-refractivity contribution in [1.29, 1.82) is 0 Å². The van der Waals surface area contributed by atoms with Crippen molar-refractivity contribution in [3.63, 3.8) is 0 Å². The van der Waals surface area contributed by atoms with E-state index in [-0.39, 0.29) is 17.9 Å². The first-order valence-electron chi connectivity index (χ1n) is 11.8. The Labute approximate surface area is 192 Å². The van der Waals surface area contributed by atoms with Gasteiger partial charge in [-0.2, -0.15) is 4.98 Å². The molecule has 0 radical (unpaired) electrons. The molecular formula is C23H28N8O2. The quantitative estimate of drug-likeness (QED) is 0.601. The highest BCUT2D eigenvalue weighted by atomic mass is 16.2. The Bertz CT molecular complexity index is 1080. The van der Waals surface area contributed by atoms with Crippen molar-refractivity contribution in [1.82, 2.24) is 25.2 Å². The summed E-state index contributed by atoms with van der Waals surface area (Å²) < 4.78 is 0. The van der Waals surface area contributed by atoms with Crippen LogP contribution in [0.5, 0.6) is 0 Å². The maximum absolute atomic E-state index is 13.4. The average molecular weight is 449 g/mol. The lowest BCUT2D eigenvalue weighted by Gasteiger charge is -2.29. The van der Waals surface area contributed by atoms with E-state index in [1.54, 1.807) is 6.20 Å². The Hall–Kier alpha value is -3.27. The Morgan fingerprint density at radius 1 is 1.03 bits per heavy atom. The van der Waals surface area contributed by atoms with E-state index in [4.69, 9.17) is 0 Å². The number of hydrogen-bond acceptors (Lipinski definition) is 8. The molecule has 6 rings (SSSR count). The van der Waals surface area contributed by atoms with Gasteiger partial charge in [0.2, 0.25) is 17.8 Å². The van der Waals surface area contributed by atoms with Crippen molar-refractivity contribution in [2.75, 3.05) is 48.3 Å². The van der Waals surface area contributed by atoms with E-state index in [1.807, 2.05) is 23.2 Å². The molecule has 0 aromatic carbocycles. The van der Waals surface area contributed by atoms with Crippen LogP contribution in [0.3, 0.4) is 0 Å². The van der Waals surface area contributed by atoms with Gasteiger partial charge in [0.15, 0.2) is 5.41 Å². The number of anilines is 4. The van der Waals surface area contributed by atoms with Crippen molar-refractivity contribution in [2.24, 2.45) is 0 Å². The first kappa shape index (κ1) is 20.3. The van der Waals surface area contributed by atoms with Gasteiger partial charge in [0, 0.05) is 50.5 Å². The third kappa shape index (κ3) is 3.31. The number of carbonyl (C=O) groups excluding carboxylic acids is 2. The lowest BCUT2D eigenvalue weighted by molar-refractivity contribution is -0.138. The van der Waals surface area contributed by atoms with Gasteiger partial charge in [-0.15, -0.1) is 0 Å². The summed E-state index contributed by atoms with van der Waals surface area (Å²) in [6, 6.07) is 4.18. The molecule has 1 saturated carbocycles. The molecule has 0 bridgehead atoms. The number of carbonyl (C=O) groups is 2. The normalized spacial score (nSPS) is 25.1. The number of hydrogen-bond donors (Lipinski definition) is 3. The number of nitrogens with zero attached hydrogens (tertiary/aromatic N) is 5. The second-order valence-electron chi connectivity index (χ2n) is 9.27. The lowest BCUT2D eigenvalue weighted by Crippen LogP contribution is -2.45.